The van der Waals surface area contributed by atoms with Gasteiger partial charge in [-0.25, -0.2) is 4.63 Å². The van der Waals surface area contributed by atoms with Crippen LogP contribution in [0.25, 0.3) is 0 Å². The third-order valence-electron chi connectivity index (χ3n) is 2.74. The van der Waals surface area contributed by atoms with Crippen molar-refractivity contribution < 1.29 is 9.74 Å². The number of amidine groups is 1. The lowest BCUT2D eigenvalue weighted by Gasteiger charge is -2.28. The molecule has 88 valence electrons. The molecule has 2 heterocycles. The number of aliphatic hydroxyl groups is 1. The number of aromatic nitrogens is 2. The number of piperidine rings is 1. The lowest BCUT2D eigenvalue weighted by molar-refractivity contribution is 0.0781. The van der Waals surface area contributed by atoms with E-state index in [0.717, 1.165) is 25.9 Å². The van der Waals surface area contributed by atoms with Gasteiger partial charge in [-0.3, -0.25) is 10.3 Å². The van der Waals surface area contributed by atoms with Gasteiger partial charge in [-0.15, -0.1) is 0 Å². The molecule has 1 aromatic rings. The van der Waals surface area contributed by atoms with Crippen LogP contribution < -0.4 is 5.73 Å². The van der Waals surface area contributed by atoms with Gasteiger partial charge >= 0.3 is 0 Å². The zero-order valence-corrected chi connectivity index (χ0v) is 8.89. The Balaban J connectivity index is 1.98. The fourth-order valence-electron chi connectivity index (χ4n) is 1.80. The molecule has 1 aliphatic rings. The second kappa shape index (κ2) is 4.58. The molecule has 0 amide bonds. The molecule has 1 aromatic heterocycles. The Morgan fingerprint density at radius 2 is 2.19 bits per heavy atom. The van der Waals surface area contributed by atoms with Crippen molar-refractivity contribution >= 4 is 5.84 Å². The number of nitrogens with zero attached hydrogens (tertiary/aromatic N) is 3. The van der Waals surface area contributed by atoms with Crippen LogP contribution in [0, 0.1) is 5.41 Å². The Bertz CT molecular complexity index is 370. The standard InChI is InChI=1S/C9H15N5O2/c10-9(11)8-7(12-16-13-8)5-14-3-1-6(15)2-4-14/h6,15H,1-5H2,(H3,10,11). The smallest absolute Gasteiger partial charge is 0.173 e. The zero-order chi connectivity index (χ0) is 11.5. The SMILES string of the molecule is N=C(N)c1nonc1CN1CCC(O)CC1. The van der Waals surface area contributed by atoms with E-state index in [4.69, 9.17) is 11.1 Å². The average Bonchev–Trinajstić information content (AvgIpc) is 2.69. The van der Waals surface area contributed by atoms with Crippen molar-refractivity contribution in [2.45, 2.75) is 25.5 Å². The summed E-state index contributed by atoms with van der Waals surface area (Å²) in [5, 5.41) is 24.0. The molecule has 0 bridgehead atoms. The predicted octanol–water partition coefficient (Wildman–Crippen LogP) is -0.690. The summed E-state index contributed by atoms with van der Waals surface area (Å²) in [6, 6.07) is 0. The Morgan fingerprint density at radius 1 is 1.50 bits per heavy atom. The van der Waals surface area contributed by atoms with Gasteiger partial charge in [0.2, 0.25) is 0 Å². The number of likely N-dealkylation sites (tertiary alicyclic amines) is 1. The Morgan fingerprint density at radius 3 is 2.81 bits per heavy atom. The lowest BCUT2D eigenvalue weighted by atomic mass is 10.1. The molecule has 1 aliphatic heterocycles. The van der Waals surface area contributed by atoms with Crippen LogP contribution in [0.5, 0.6) is 0 Å². The second-order valence-electron chi connectivity index (χ2n) is 3.98. The van der Waals surface area contributed by atoms with Crippen LogP contribution in [0.3, 0.4) is 0 Å². The minimum absolute atomic E-state index is 0.131. The molecule has 0 aliphatic carbocycles. The average molecular weight is 225 g/mol. The summed E-state index contributed by atoms with van der Waals surface area (Å²) in [7, 11) is 0. The predicted molar refractivity (Wildman–Crippen MR) is 55.8 cm³/mol. The van der Waals surface area contributed by atoms with Crippen LogP contribution in [0.2, 0.25) is 0 Å². The van der Waals surface area contributed by atoms with Crippen molar-refractivity contribution in [1.29, 1.82) is 5.41 Å². The van der Waals surface area contributed by atoms with E-state index in [1.807, 2.05) is 0 Å². The normalized spacial score (nSPS) is 18.8. The van der Waals surface area contributed by atoms with E-state index in [-0.39, 0.29) is 11.9 Å². The molecule has 4 N–H and O–H groups in total. The van der Waals surface area contributed by atoms with E-state index < -0.39 is 0 Å². The fraction of sp³-hybridized carbons (Fsp3) is 0.667. The van der Waals surface area contributed by atoms with Crippen molar-refractivity contribution in [3.63, 3.8) is 0 Å². The summed E-state index contributed by atoms with van der Waals surface area (Å²) in [6.45, 7) is 2.18. The topological polar surface area (TPSA) is 112 Å². The number of hydrogen-bond donors (Lipinski definition) is 3. The van der Waals surface area contributed by atoms with Crippen LogP contribution in [0.4, 0.5) is 0 Å². The first-order valence-corrected chi connectivity index (χ1v) is 5.23. The van der Waals surface area contributed by atoms with Gasteiger partial charge in [0, 0.05) is 19.6 Å². The van der Waals surface area contributed by atoms with E-state index in [9.17, 15) is 5.11 Å². The highest BCUT2D eigenvalue weighted by molar-refractivity contribution is 5.93. The summed E-state index contributed by atoms with van der Waals surface area (Å²) < 4.78 is 4.57. The molecular formula is C9H15N5O2. The van der Waals surface area contributed by atoms with Gasteiger partial charge in [-0.05, 0) is 18.0 Å². The Kier molecular flexibility index (Phi) is 3.16. The number of rotatable bonds is 3. The molecule has 0 spiro atoms. The summed E-state index contributed by atoms with van der Waals surface area (Å²) in [5.41, 5.74) is 6.25. The van der Waals surface area contributed by atoms with Gasteiger partial charge < -0.3 is 10.8 Å². The minimum atomic E-state index is -0.195. The maximum Gasteiger partial charge on any atom is 0.173 e. The van der Waals surface area contributed by atoms with E-state index in [2.05, 4.69) is 19.8 Å². The monoisotopic (exact) mass is 225 g/mol. The second-order valence-corrected chi connectivity index (χ2v) is 3.98. The molecule has 2 rings (SSSR count). The number of aliphatic hydroxyl groups excluding tert-OH is 1. The highest BCUT2D eigenvalue weighted by Crippen LogP contribution is 2.13. The van der Waals surface area contributed by atoms with Crippen LogP contribution in [-0.2, 0) is 6.54 Å². The number of nitrogens with one attached hydrogen (secondary N) is 1. The highest BCUT2D eigenvalue weighted by Gasteiger charge is 2.20. The zero-order valence-electron chi connectivity index (χ0n) is 8.89. The molecule has 0 radical (unpaired) electrons. The van der Waals surface area contributed by atoms with Crippen molar-refractivity contribution in [3.8, 4) is 0 Å². The third kappa shape index (κ3) is 2.37. The molecule has 7 nitrogen and oxygen atoms in total. The number of hydrogen-bond acceptors (Lipinski definition) is 6. The van der Waals surface area contributed by atoms with Crippen LogP contribution >= 0.6 is 0 Å². The summed E-state index contributed by atoms with van der Waals surface area (Å²) in [4.78, 5) is 2.14. The third-order valence-corrected chi connectivity index (χ3v) is 2.74. The molecule has 0 atom stereocenters. The Hall–Kier alpha value is -1.47. The van der Waals surface area contributed by atoms with Crippen molar-refractivity contribution in [2.24, 2.45) is 5.73 Å². The quantitative estimate of drug-likeness (QED) is 0.463. The van der Waals surface area contributed by atoms with Gasteiger partial charge in [0.15, 0.2) is 5.69 Å². The highest BCUT2D eigenvalue weighted by atomic mass is 16.6. The largest absolute Gasteiger partial charge is 0.393 e. The summed E-state index contributed by atoms with van der Waals surface area (Å²) in [5.74, 6) is -0.131. The van der Waals surface area contributed by atoms with E-state index in [1.54, 1.807) is 0 Å². The number of nitrogens with two attached hydrogens (primary N) is 1. The molecule has 0 aromatic carbocycles. The molecule has 1 fully saturated rings. The first-order chi connectivity index (χ1) is 7.66. The van der Waals surface area contributed by atoms with Crippen molar-refractivity contribution in [2.75, 3.05) is 13.1 Å². The van der Waals surface area contributed by atoms with Gasteiger partial charge in [0.25, 0.3) is 0 Å². The van der Waals surface area contributed by atoms with Crippen molar-refractivity contribution in [3.05, 3.63) is 11.4 Å². The molecule has 0 saturated carbocycles. The first-order valence-electron chi connectivity index (χ1n) is 5.23. The van der Waals surface area contributed by atoms with Gasteiger partial charge in [0.05, 0.1) is 6.10 Å². The van der Waals surface area contributed by atoms with Gasteiger partial charge in [0.1, 0.15) is 11.5 Å². The Labute approximate surface area is 92.7 Å². The maximum atomic E-state index is 9.37. The molecule has 16 heavy (non-hydrogen) atoms. The number of nitrogen functional groups attached to an aromatic ring is 1. The van der Waals surface area contributed by atoms with E-state index >= 15 is 0 Å². The van der Waals surface area contributed by atoms with Crippen LogP contribution in [-0.4, -0.2) is 45.3 Å². The van der Waals surface area contributed by atoms with E-state index in [1.165, 1.54) is 0 Å². The lowest BCUT2D eigenvalue weighted by Crippen LogP contribution is -2.35. The molecule has 1 saturated heterocycles. The first kappa shape index (κ1) is 11.0. The summed E-state index contributed by atoms with van der Waals surface area (Å²) >= 11 is 0. The van der Waals surface area contributed by atoms with Gasteiger partial charge in [-0.2, -0.15) is 0 Å². The molecule has 0 unspecified atom stereocenters. The van der Waals surface area contributed by atoms with Crippen LogP contribution in [0.15, 0.2) is 4.63 Å². The maximum absolute atomic E-state index is 9.37. The van der Waals surface area contributed by atoms with Crippen molar-refractivity contribution in [1.82, 2.24) is 15.2 Å². The molecular weight excluding hydrogens is 210 g/mol. The molecule has 7 heteroatoms. The fourth-order valence-corrected chi connectivity index (χ4v) is 1.80. The van der Waals surface area contributed by atoms with Crippen LogP contribution in [0.1, 0.15) is 24.2 Å². The van der Waals surface area contributed by atoms with E-state index in [0.29, 0.717) is 17.9 Å². The van der Waals surface area contributed by atoms with Gasteiger partial charge in [-0.1, -0.05) is 5.16 Å². The minimum Gasteiger partial charge on any atom is -0.393 e. The summed E-state index contributed by atoms with van der Waals surface area (Å²) in [6.07, 6.45) is 1.33.